The third-order valence-corrected chi connectivity index (χ3v) is 3.18. The van der Waals surface area contributed by atoms with Crippen LogP contribution in [-0.4, -0.2) is 59.1 Å². The molecule has 0 aliphatic rings. The van der Waals surface area contributed by atoms with E-state index in [0.717, 1.165) is 0 Å². The van der Waals surface area contributed by atoms with Gasteiger partial charge in [-0.1, -0.05) is 0 Å². The van der Waals surface area contributed by atoms with Crippen LogP contribution >= 0.6 is 0 Å². The van der Waals surface area contributed by atoms with Crippen molar-refractivity contribution in [3.05, 3.63) is 0 Å². The Morgan fingerprint density at radius 1 is 0.444 bits per heavy atom. The van der Waals surface area contributed by atoms with Crippen molar-refractivity contribution >= 4 is 0 Å². The normalized spacial score (nSPS) is 16.7. The van der Waals surface area contributed by atoms with E-state index in [1.165, 1.54) is 0 Å². The van der Waals surface area contributed by atoms with Gasteiger partial charge in [-0.25, -0.2) is 0 Å². The molecule has 27 heavy (non-hydrogen) atoms. The van der Waals surface area contributed by atoms with Gasteiger partial charge < -0.3 is 5.11 Å². The number of hydrogen-bond donors (Lipinski definition) is 1. The molecule has 164 valence electrons. The quantitative estimate of drug-likeness (QED) is 0.516. The van der Waals surface area contributed by atoms with Crippen LogP contribution in [0.5, 0.6) is 0 Å². The Kier molecular flexibility index (Phi) is 5.90. The van der Waals surface area contributed by atoms with E-state index in [2.05, 4.69) is 0 Å². The van der Waals surface area contributed by atoms with Crippen LogP contribution in [0, 0.1) is 0 Å². The van der Waals surface area contributed by atoms with Gasteiger partial charge in [-0.15, -0.1) is 0 Å². The Morgan fingerprint density at radius 2 is 0.667 bits per heavy atom. The highest BCUT2D eigenvalue weighted by Crippen LogP contribution is 2.63. The maximum atomic E-state index is 13.1. The molecule has 0 saturated heterocycles. The third kappa shape index (κ3) is 3.08. The minimum Gasteiger partial charge on any atom is -0.390 e. The van der Waals surface area contributed by atoms with Crippen LogP contribution in [-0.2, 0) is 0 Å². The summed E-state index contributed by atoms with van der Waals surface area (Å²) in [5, 5.41) is 7.79. The molecule has 0 rings (SSSR count). The zero-order valence-electron chi connectivity index (χ0n) is 12.2. The lowest BCUT2D eigenvalue weighted by Gasteiger charge is -2.43. The van der Waals surface area contributed by atoms with Gasteiger partial charge in [0.25, 0.3) is 0 Å². The molecule has 0 spiro atoms. The van der Waals surface area contributed by atoms with Crippen LogP contribution in [0.2, 0.25) is 0 Å². The molecule has 0 atom stereocenters. The van der Waals surface area contributed by atoms with Crippen molar-refractivity contribution in [2.45, 2.75) is 54.3 Å². The highest BCUT2D eigenvalue weighted by atomic mass is 19.4. The molecule has 1 nitrogen and oxygen atoms in total. The largest absolute Gasteiger partial charge is 0.390 e. The average molecular weight is 446 g/mol. The molecule has 0 aromatic carbocycles. The Balaban J connectivity index is 6.65. The van der Waals surface area contributed by atoms with Crippen LogP contribution in [0.1, 0.15) is 6.92 Å². The molecule has 1 N–H and O–H groups in total. The summed E-state index contributed by atoms with van der Waals surface area (Å²) in [6.07, 6.45) is 0. The lowest BCUT2D eigenvalue weighted by atomic mass is 9.88. The topological polar surface area (TPSA) is 20.2 Å². The molecule has 17 heteroatoms. The standard InChI is InChI=1S/C10H6F16O/c1-3(11,12)5(15,16)7(19,20)9(23,24)10(25,26)8(21,22)6(17,18)4(13,14)2-27/h27H,2H2,1H3. The van der Waals surface area contributed by atoms with Gasteiger partial charge in [-0.2, -0.15) is 70.2 Å². The van der Waals surface area contributed by atoms with Crippen molar-refractivity contribution in [1.82, 2.24) is 0 Å². The van der Waals surface area contributed by atoms with Crippen molar-refractivity contribution in [2.75, 3.05) is 6.61 Å². The molecule has 0 unspecified atom stereocenters. The van der Waals surface area contributed by atoms with Crippen LogP contribution in [0.3, 0.4) is 0 Å². The molecule has 0 fully saturated rings. The summed E-state index contributed by atoms with van der Waals surface area (Å²) in [6, 6.07) is 0. The van der Waals surface area contributed by atoms with Crippen LogP contribution in [0.25, 0.3) is 0 Å². The van der Waals surface area contributed by atoms with Crippen LogP contribution in [0.4, 0.5) is 70.2 Å². The first-order valence-corrected chi connectivity index (χ1v) is 5.94. The summed E-state index contributed by atoms with van der Waals surface area (Å²) in [7, 11) is 0. The van der Waals surface area contributed by atoms with Crippen molar-refractivity contribution in [3.8, 4) is 0 Å². The number of aliphatic hydroxyl groups excluding tert-OH is 1. The molecule has 0 amide bonds. The summed E-state index contributed by atoms with van der Waals surface area (Å²) in [4.78, 5) is 0. The average Bonchev–Trinajstić information content (AvgIpc) is 2.44. The van der Waals surface area contributed by atoms with E-state index >= 15 is 0 Å². The number of alkyl halides is 16. The second-order valence-corrected chi connectivity index (χ2v) is 5.20. The smallest absolute Gasteiger partial charge is 0.385 e. The summed E-state index contributed by atoms with van der Waals surface area (Å²) in [6.45, 7) is -4.61. The minimum atomic E-state index is -8.43. The fraction of sp³-hybridized carbons (Fsp3) is 1.00. The first-order chi connectivity index (χ1) is 11.3. The second kappa shape index (κ2) is 6.17. The van der Waals surface area contributed by atoms with E-state index in [1.807, 2.05) is 0 Å². The number of aliphatic hydroxyl groups is 1. The number of rotatable bonds is 8. The minimum absolute atomic E-state index is 1.22. The summed E-state index contributed by atoms with van der Waals surface area (Å²) in [5.41, 5.74) is 0. The monoisotopic (exact) mass is 446 g/mol. The molecule has 0 aliphatic heterocycles. The predicted octanol–water partition coefficient (Wildman–Crippen LogP) is 5.08. The van der Waals surface area contributed by atoms with Crippen LogP contribution in [0.15, 0.2) is 0 Å². The van der Waals surface area contributed by atoms with Crippen molar-refractivity contribution in [2.24, 2.45) is 0 Å². The highest BCUT2D eigenvalue weighted by Gasteiger charge is 2.94. The Hall–Kier alpha value is -1.16. The van der Waals surface area contributed by atoms with Gasteiger partial charge in [-0.3, -0.25) is 0 Å². The predicted molar refractivity (Wildman–Crippen MR) is 52.3 cm³/mol. The molecular formula is C10H6F16O. The lowest BCUT2D eigenvalue weighted by Crippen LogP contribution is -2.74. The molecule has 0 aliphatic carbocycles. The summed E-state index contributed by atoms with van der Waals surface area (Å²) in [5.74, 6) is -61.3. The van der Waals surface area contributed by atoms with E-state index in [4.69, 9.17) is 5.11 Å². The molecular weight excluding hydrogens is 440 g/mol. The van der Waals surface area contributed by atoms with Crippen LogP contribution < -0.4 is 0 Å². The molecule has 0 saturated carbocycles. The van der Waals surface area contributed by atoms with Crippen molar-refractivity contribution in [1.29, 1.82) is 0 Å². The zero-order chi connectivity index (χ0) is 22.7. The van der Waals surface area contributed by atoms with Gasteiger partial charge in [0.2, 0.25) is 0 Å². The maximum Gasteiger partial charge on any atom is 0.385 e. The number of hydrogen-bond acceptors (Lipinski definition) is 1. The Morgan fingerprint density at radius 3 is 0.889 bits per heavy atom. The molecule has 0 bridgehead atoms. The summed E-state index contributed by atoms with van der Waals surface area (Å²) < 4.78 is 206. The van der Waals surface area contributed by atoms with E-state index in [1.54, 1.807) is 0 Å². The van der Waals surface area contributed by atoms with E-state index < -0.39 is 60.9 Å². The second-order valence-electron chi connectivity index (χ2n) is 5.20. The summed E-state index contributed by atoms with van der Waals surface area (Å²) >= 11 is 0. The van der Waals surface area contributed by atoms with E-state index in [-0.39, 0.29) is 0 Å². The third-order valence-electron chi connectivity index (χ3n) is 3.18. The molecule has 0 radical (unpaired) electrons. The van der Waals surface area contributed by atoms with Crippen molar-refractivity contribution in [3.63, 3.8) is 0 Å². The maximum absolute atomic E-state index is 13.1. The fourth-order valence-electron chi connectivity index (χ4n) is 1.39. The zero-order valence-corrected chi connectivity index (χ0v) is 12.2. The van der Waals surface area contributed by atoms with E-state index in [9.17, 15) is 70.2 Å². The van der Waals surface area contributed by atoms with Gasteiger partial charge in [0, 0.05) is 6.92 Å². The van der Waals surface area contributed by atoms with E-state index in [0.29, 0.717) is 0 Å². The molecule has 0 aromatic rings. The molecule has 0 heterocycles. The van der Waals surface area contributed by atoms with Gasteiger partial charge in [0.05, 0.1) is 0 Å². The fourth-order valence-corrected chi connectivity index (χ4v) is 1.39. The Bertz CT molecular complexity index is 544. The SMILES string of the molecule is CC(F)(F)C(F)(F)C(F)(F)C(F)(F)C(F)(F)C(F)(F)C(F)(F)C(F)(F)CO. The van der Waals surface area contributed by atoms with Crippen molar-refractivity contribution < 1.29 is 75.4 Å². The lowest BCUT2D eigenvalue weighted by molar-refractivity contribution is -0.453. The van der Waals surface area contributed by atoms with Gasteiger partial charge in [-0.05, 0) is 0 Å². The van der Waals surface area contributed by atoms with Gasteiger partial charge in [0.15, 0.2) is 0 Å². The number of halogens is 16. The first kappa shape index (κ1) is 25.8. The molecule has 0 aromatic heterocycles. The first-order valence-electron chi connectivity index (χ1n) is 5.94. The Labute approximate surface area is 137 Å². The van der Waals surface area contributed by atoms with Gasteiger partial charge in [0.1, 0.15) is 6.61 Å². The highest BCUT2D eigenvalue weighted by molar-refractivity contribution is 5.15. The van der Waals surface area contributed by atoms with Gasteiger partial charge >= 0.3 is 47.4 Å².